The van der Waals surface area contributed by atoms with Crippen LogP contribution in [0.15, 0.2) is 245 Å². The maximum absolute atomic E-state index is 6.78. The standard InChI is InChI=1S/C57H40N4O/c1-5-16-39(17-6-1)40-28-32-47(33-29-40)61(46-24-11-4-12-25-46)48-34-30-41(31-35-48)49-36-37-50(54-53(49)51-26-13-14-27-52(51)62-54)44-22-15-23-45(38-44)57-59-55(42-18-7-2-8-19-42)58-56(60-57)43-20-9-3-10-21-43/h1-38,55H,(H,58,59,60). The molecule has 0 saturated carbocycles. The first kappa shape index (κ1) is 36.8. The lowest BCUT2D eigenvalue weighted by molar-refractivity contribution is 0.670. The third-order valence-electron chi connectivity index (χ3n) is 11.5. The van der Waals surface area contributed by atoms with Crippen LogP contribution >= 0.6 is 0 Å². The summed E-state index contributed by atoms with van der Waals surface area (Å²) >= 11 is 0. The minimum atomic E-state index is -0.282. The molecule has 1 atom stereocenters. The number of fused-ring (bicyclic) bond motifs is 3. The molecule has 11 rings (SSSR count). The van der Waals surface area contributed by atoms with E-state index in [1.54, 1.807) is 0 Å². The largest absolute Gasteiger partial charge is 0.455 e. The molecule has 1 N–H and O–H groups in total. The second kappa shape index (κ2) is 16.1. The topological polar surface area (TPSA) is 53.1 Å². The molecule has 5 heteroatoms. The molecule has 1 aliphatic heterocycles. The van der Waals surface area contributed by atoms with E-state index < -0.39 is 0 Å². The zero-order valence-electron chi connectivity index (χ0n) is 33.8. The van der Waals surface area contributed by atoms with Crippen molar-refractivity contribution in [2.24, 2.45) is 9.98 Å². The number of anilines is 3. The van der Waals surface area contributed by atoms with Gasteiger partial charge in [-0.15, -0.1) is 0 Å². The van der Waals surface area contributed by atoms with Crippen LogP contribution < -0.4 is 10.2 Å². The Labute approximate surface area is 360 Å². The molecule has 10 aromatic rings. The van der Waals surface area contributed by atoms with E-state index in [-0.39, 0.29) is 6.17 Å². The summed E-state index contributed by atoms with van der Waals surface area (Å²) in [4.78, 5) is 12.4. The van der Waals surface area contributed by atoms with Gasteiger partial charge in [-0.05, 0) is 88.0 Å². The Hall–Kier alpha value is -8.28. The number of rotatable bonds is 9. The first-order valence-corrected chi connectivity index (χ1v) is 20.9. The first-order valence-electron chi connectivity index (χ1n) is 20.9. The Bertz CT molecular complexity index is 3230. The second-order valence-corrected chi connectivity index (χ2v) is 15.4. The number of hydrogen-bond acceptors (Lipinski definition) is 5. The third kappa shape index (κ3) is 7.01. The molecule has 0 amide bonds. The van der Waals surface area contributed by atoms with Gasteiger partial charge in [-0.2, -0.15) is 0 Å². The zero-order valence-corrected chi connectivity index (χ0v) is 33.8. The summed E-state index contributed by atoms with van der Waals surface area (Å²) < 4.78 is 6.78. The highest BCUT2D eigenvalue weighted by Gasteiger charge is 2.23. The lowest BCUT2D eigenvalue weighted by Crippen LogP contribution is -2.33. The molecule has 5 nitrogen and oxygen atoms in total. The molecule has 0 saturated heterocycles. The maximum Gasteiger partial charge on any atom is 0.159 e. The molecule has 0 aliphatic carbocycles. The number of nitrogens with zero attached hydrogens (tertiary/aromatic N) is 3. The Kier molecular flexibility index (Phi) is 9.52. The van der Waals surface area contributed by atoms with Crippen molar-refractivity contribution in [2.75, 3.05) is 4.90 Å². The van der Waals surface area contributed by atoms with Gasteiger partial charge in [0.1, 0.15) is 23.2 Å². The number of hydrogen-bond donors (Lipinski definition) is 1. The minimum absolute atomic E-state index is 0.282. The molecule has 9 aromatic carbocycles. The molecule has 0 fully saturated rings. The summed E-state index contributed by atoms with van der Waals surface area (Å²) in [5.41, 5.74) is 14.6. The van der Waals surface area contributed by atoms with E-state index in [1.165, 1.54) is 11.1 Å². The van der Waals surface area contributed by atoms with Crippen molar-refractivity contribution in [1.82, 2.24) is 5.32 Å². The monoisotopic (exact) mass is 796 g/mol. The van der Waals surface area contributed by atoms with E-state index >= 15 is 0 Å². The summed E-state index contributed by atoms with van der Waals surface area (Å²) in [7, 11) is 0. The molecule has 0 spiro atoms. The second-order valence-electron chi connectivity index (χ2n) is 15.4. The van der Waals surface area contributed by atoms with Gasteiger partial charge in [-0.1, -0.05) is 176 Å². The third-order valence-corrected chi connectivity index (χ3v) is 11.5. The van der Waals surface area contributed by atoms with Crippen LogP contribution in [0.5, 0.6) is 0 Å². The summed E-state index contributed by atoms with van der Waals surface area (Å²) in [6.45, 7) is 0. The van der Waals surface area contributed by atoms with Crippen LogP contribution in [-0.4, -0.2) is 11.7 Å². The SMILES string of the molecule is c1ccc(C2=NC(c3ccccc3)NC(c3cccc(-c4ccc(-c5ccc(N(c6ccccc6)c6ccc(-c7ccccc7)cc6)cc5)c5c4oc4ccccc45)c3)=N2)cc1. The Morgan fingerprint density at radius 1 is 0.419 bits per heavy atom. The fraction of sp³-hybridized carbons (Fsp3) is 0.0175. The van der Waals surface area contributed by atoms with Crippen LogP contribution in [-0.2, 0) is 0 Å². The molecular weight excluding hydrogens is 757 g/mol. The van der Waals surface area contributed by atoms with Crippen molar-refractivity contribution < 1.29 is 4.42 Å². The average molecular weight is 797 g/mol. The lowest BCUT2D eigenvalue weighted by atomic mass is 9.94. The van der Waals surface area contributed by atoms with E-state index in [0.29, 0.717) is 5.84 Å². The van der Waals surface area contributed by atoms with Crippen molar-refractivity contribution in [3.05, 3.63) is 247 Å². The van der Waals surface area contributed by atoms with Gasteiger partial charge in [-0.3, -0.25) is 0 Å². The fourth-order valence-electron chi connectivity index (χ4n) is 8.50. The van der Waals surface area contributed by atoms with Crippen molar-refractivity contribution in [3.8, 4) is 33.4 Å². The minimum Gasteiger partial charge on any atom is -0.455 e. The van der Waals surface area contributed by atoms with Gasteiger partial charge in [-0.25, -0.2) is 9.98 Å². The van der Waals surface area contributed by atoms with Gasteiger partial charge in [0.2, 0.25) is 0 Å². The van der Waals surface area contributed by atoms with E-state index in [9.17, 15) is 0 Å². The van der Waals surface area contributed by atoms with E-state index in [0.717, 1.165) is 83.8 Å². The van der Waals surface area contributed by atoms with Crippen LogP contribution in [0.25, 0.3) is 55.3 Å². The molecule has 0 bridgehead atoms. The van der Waals surface area contributed by atoms with Crippen LogP contribution in [0.2, 0.25) is 0 Å². The van der Waals surface area contributed by atoms with Crippen LogP contribution in [0, 0.1) is 0 Å². The molecular formula is C57H40N4O. The summed E-state index contributed by atoms with van der Waals surface area (Å²) in [5.74, 6) is 1.46. The highest BCUT2D eigenvalue weighted by Crippen LogP contribution is 2.43. The Morgan fingerprint density at radius 3 is 1.66 bits per heavy atom. The quantitative estimate of drug-likeness (QED) is 0.158. The summed E-state index contributed by atoms with van der Waals surface area (Å²) in [6.07, 6.45) is -0.282. The number of benzene rings is 9. The average Bonchev–Trinajstić information content (AvgIpc) is 3.75. The smallest absolute Gasteiger partial charge is 0.159 e. The van der Waals surface area contributed by atoms with Crippen LogP contribution in [0.3, 0.4) is 0 Å². The number of aliphatic imine (C=N–C) groups is 2. The maximum atomic E-state index is 6.78. The van der Waals surface area contributed by atoms with E-state index in [1.807, 2.05) is 42.5 Å². The summed E-state index contributed by atoms with van der Waals surface area (Å²) in [6, 6.07) is 80.5. The van der Waals surface area contributed by atoms with Gasteiger partial charge < -0.3 is 14.6 Å². The van der Waals surface area contributed by atoms with Crippen molar-refractivity contribution in [1.29, 1.82) is 0 Å². The predicted molar refractivity (Wildman–Crippen MR) is 257 cm³/mol. The number of furan rings is 1. The highest BCUT2D eigenvalue weighted by molar-refractivity contribution is 6.17. The van der Waals surface area contributed by atoms with Gasteiger partial charge in [0.05, 0.1) is 0 Å². The fourth-order valence-corrected chi connectivity index (χ4v) is 8.50. The van der Waals surface area contributed by atoms with Crippen molar-refractivity contribution in [3.63, 3.8) is 0 Å². The molecule has 1 aromatic heterocycles. The highest BCUT2D eigenvalue weighted by atomic mass is 16.3. The number of nitrogens with one attached hydrogen (secondary N) is 1. The number of amidine groups is 2. The molecule has 2 heterocycles. The van der Waals surface area contributed by atoms with Gasteiger partial charge >= 0.3 is 0 Å². The van der Waals surface area contributed by atoms with E-state index in [2.05, 4.69) is 198 Å². The first-order chi connectivity index (χ1) is 30.7. The van der Waals surface area contributed by atoms with Crippen LogP contribution in [0.1, 0.15) is 22.9 Å². The normalized spacial score (nSPS) is 13.6. The molecule has 294 valence electrons. The number of para-hydroxylation sites is 2. The van der Waals surface area contributed by atoms with Gasteiger partial charge in [0.15, 0.2) is 5.84 Å². The molecule has 62 heavy (non-hydrogen) atoms. The lowest BCUT2D eigenvalue weighted by Gasteiger charge is -2.26. The molecule has 1 aliphatic rings. The van der Waals surface area contributed by atoms with E-state index in [4.69, 9.17) is 14.4 Å². The van der Waals surface area contributed by atoms with Gasteiger partial charge in [0.25, 0.3) is 0 Å². The predicted octanol–water partition coefficient (Wildman–Crippen LogP) is 14.6. The molecule has 1 unspecified atom stereocenters. The molecule has 0 radical (unpaired) electrons. The Balaban J connectivity index is 0.971. The van der Waals surface area contributed by atoms with Crippen LogP contribution in [0.4, 0.5) is 17.1 Å². The van der Waals surface area contributed by atoms with Gasteiger partial charge in [0, 0.05) is 44.5 Å². The Morgan fingerprint density at radius 2 is 0.952 bits per heavy atom. The van der Waals surface area contributed by atoms with Crippen molar-refractivity contribution >= 4 is 50.7 Å². The van der Waals surface area contributed by atoms with Crippen molar-refractivity contribution in [2.45, 2.75) is 6.17 Å². The zero-order chi connectivity index (χ0) is 41.2. The summed E-state index contributed by atoms with van der Waals surface area (Å²) in [5, 5.41) is 5.80.